The maximum atomic E-state index is 13.4. The first kappa shape index (κ1) is 28.6. The van der Waals surface area contributed by atoms with E-state index in [4.69, 9.17) is 16.2 Å². The second kappa shape index (κ2) is 12.4. The average molecular weight is 530 g/mol. The molecule has 0 saturated carbocycles. The molecular weight excluding hydrogens is 503 g/mol. The summed E-state index contributed by atoms with van der Waals surface area (Å²) in [5.41, 5.74) is 11.5. The first-order chi connectivity index (χ1) is 16.9. The van der Waals surface area contributed by atoms with E-state index < -0.39 is 45.5 Å². The largest absolute Gasteiger partial charge is 0.425 e. The number of hydrogen-bond donors (Lipinski definition) is 3. The van der Waals surface area contributed by atoms with Crippen molar-refractivity contribution in [3.05, 3.63) is 59.7 Å². The van der Waals surface area contributed by atoms with Gasteiger partial charge in [-0.3, -0.25) is 10.2 Å². The van der Waals surface area contributed by atoms with Crippen molar-refractivity contribution in [1.82, 2.24) is 9.84 Å². The fraction of sp³-hybridized carbons (Fsp3) is 0.318. The first-order valence-electron chi connectivity index (χ1n) is 10.7. The van der Waals surface area contributed by atoms with Crippen LogP contribution in [0.15, 0.2) is 53.5 Å². The van der Waals surface area contributed by atoms with Gasteiger partial charge in [-0.25, -0.2) is 18.2 Å². The zero-order valence-electron chi connectivity index (χ0n) is 19.2. The molecule has 2 aromatic carbocycles. The highest BCUT2D eigenvalue weighted by molar-refractivity contribution is 7.89. The molecular formula is C22H26F3N5O5S. The zero-order chi connectivity index (χ0) is 26.9. The Morgan fingerprint density at radius 3 is 2.42 bits per heavy atom. The molecule has 1 atom stereocenters. The monoisotopic (exact) mass is 529 g/mol. The Morgan fingerprint density at radius 1 is 1.19 bits per heavy atom. The van der Waals surface area contributed by atoms with E-state index in [0.717, 1.165) is 6.07 Å². The van der Waals surface area contributed by atoms with Crippen LogP contribution in [0.1, 0.15) is 30.9 Å². The summed E-state index contributed by atoms with van der Waals surface area (Å²) >= 11 is 0. The second-order valence-corrected chi connectivity index (χ2v) is 9.55. The molecule has 0 aliphatic carbocycles. The number of amides is 1. The number of alkyl halides is 3. The van der Waals surface area contributed by atoms with E-state index in [9.17, 15) is 31.2 Å². The lowest BCUT2D eigenvalue weighted by Gasteiger charge is -2.28. The molecule has 14 heteroatoms. The van der Waals surface area contributed by atoms with Crippen LogP contribution in [0, 0.1) is 0 Å². The fourth-order valence-corrected chi connectivity index (χ4v) is 4.75. The third-order valence-electron chi connectivity index (χ3n) is 4.76. The smallest absolute Gasteiger partial charge is 0.416 e. The maximum absolute atomic E-state index is 13.4. The number of carbonyl (C=O) groups is 2. The van der Waals surface area contributed by atoms with E-state index in [1.165, 1.54) is 0 Å². The van der Waals surface area contributed by atoms with Crippen molar-refractivity contribution in [2.24, 2.45) is 16.5 Å². The number of nitrogens with zero attached hydrogens (tertiary/aromatic N) is 2. The van der Waals surface area contributed by atoms with Gasteiger partial charge in [0.2, 0.25) is 16.4 Å². The number of guanidine groups is 1. The van der Waals surface area contributed by atoms with Gasteiger partial charge in [0.05, 0.1) is 17.0 Å². The minimum absolute atomic E-state index is 0.0793. The number of nitrogens with one attached hydrogen (secondary N) is 1. The Kier molecular flexibility index (Phi) is 9.81. The van der Waals surface area contributed by atoms with Crippen molar-refractivity contribution in [2.45, 2.75) is 38.4 Å². The number of unbranched alkanes of at least 4 members (excludes halogenated alkanes) is 1. The van der Waals surface area contributed by atoms with E-state index in [-0.39, 0.29) is 30.7 Å². The molecule has 1 amide bonds. The Balaban J connectivity index is 2.53. The molecule has 0 unspecified atom stereocenters. The highest BCUT2D eigenvalue weighted by Gasteiger charge is 2.37. The first-order valence-corrected chi connectivity index (χ1v) is 12.3. The number of esters is 1. The summed E-state index contributed by atoms with van der Waals surface area (Å²) < 4.78 is 71.7. The number of halogens is 3. The molecule has 0 heterocycles. The van der Waals surface area contributed by atoms with Gasteiger partial charge in [0.15, 0.2) is 5.96 Å². The van der Waals surface area contributed by atoms with Crippen LogP contribution in [0.25, 0.3) is 0 Å². The van der Waals surface area contributed by atoms with Gasteiger partial charge >= 0.3 is 12.1 Å². The topological polar surface area (TPSA) is 157 Å². The lowest BCUT2D eigenvalue weighted by molar-refractivity contribution is -0.141. The van der Waals surface area contributed by atoms with Crippen molar-refractivity contribution < 1.29 is 35.9 Å². The van der Waals surface area contributed by atoms with Gasteiger partial charge in [0, 0.05) is 12.5 Å². The highest BCUT2D eigenvalue weighted by atomic mass is 32.2. The Morgan fingerprint density at radius 2 is 1.86 bits per heavy atom. The number of carbonyl (C=O) groups excluding carboxylic acids is 2. The number of ether oxygens (including phenoxy) is 1. The van der Waals surface area contributed by atoms with Crippen LogP contribution in [-0.4, -0.2) is 43.0 Å². The van der Waals surface area contributed by atoms with Gasteiger partial charge in [0.1, 0.15) is 11.8 Å². The van der Waals surface area contributed by atoms with Crippen molar-refractivity contribution in [3.8, 4) is 5.75 Å². The molecule has 0 aromatic heterocycles. The fourth-order valence-electron chi connectivity index (χ4n) is 3.14. The zero-order valence-corrected chi connectivity index (χ0v) is 20.1. The number of sulfonamides is 1. The molecule has 0 radical (unpaired) electrons. The van der Waals surface area contributed by atoms with E-state index in [1.54, 1.807) is 37.3 Å². The van der Waals surface area contributed by atoms with Crippen LogP contribution in [0.2, 0.25) is 0 Å². The Hall–Kier alpha value is -3.65. The van der Waals surface area contributed by atoms with Crippen LogP contribution in [0.4, 0.5) is 18.9 Å². The normalized spacial score (nSPS) is 12.6. The molecule has 0 saturated heterocycles. The number of hydrogen-bond acceptors (Lipinski definition) is 6. The molecule has 2 aromatic rings. The number of hydrazine groups is 1. The van der Waals surface area contributed by atoms with Gasteiger partial charge < -0.3 is 16.2 Å². The Bertz CT molecular complexity index is 1190. The number of nitrogens with two attached hydrogens (primary N) is 2. The van der Waals surface area contributed by atoms with Crippen LogP contribution in [0.3, 0.4) is 0 Å². The highest BCUT2D eigenvalue weighted by Crippen LogP contribution is 2.35. The van der Waals surface area contributed by atoms with Gasteiger partial charge in [-0.2, -0.15) is 13.2 Å². The quantitative estimate of drug-likeness (QED) is 0.0950. The summed E-state index contributed by atoms with van der Waals surface area (Å²) in [6.45, 7) is 1.75. The van der Waals surface area contributed by atoms with Crippen LogP contribution < -0.4 is 21.6 Å². The molecule has 0 aliphatic rings. The summed E-state index contributed by atoms with van der Waals surface area (Å²) in [6, 6.07) is 8.75. The van der Waals surface area contributed by atoms with Gasteiger partial charge in [-0.1, -0.05) is 48.1 Å². The molecule has 2 rings (SSSR count). The maximum Gasteiger partial charge on any atom is 0.416 e. The van der Waals surface area contributed by atoms with E-state index in [0.29, 0.717) is 28.5 Å². The third-order valence-corrected chi connectivity index (χ3v) is 6.52. The van der Waals surface area contributed by atoms with Gasteiger partial charge in [0.25, 0.3) is 0 Å². The summed E-state index contributed by atoms with van der Waals surface area (Å²) in [4.78, 5) is 28.0. The van der Waals surface area contributed by atoms with Crippen molar-refractivity contribution >= 4 is 34.0 Å². The molecule has 196 valence electrons. The molecule has 0 bridgehead atoms. The summed E-state index contributed by atoms with van der Waals surface area (Å²) in [7, 11) is -4.20. The SMILES string of the molecule is CCCCS(=O)(=O)N(NC=O)[C@@H](Cc1ccccc1)C(=O)Oc1cc(N=C(N)N)cc(C(F)(F)F)c1. The van der Waals surface area contributed by atoms with Crippen molar-refractivity contribution in [2.75, 3.05) is 5.75 Å². The molecule has 0 aliphatic heterocycles. The Labute approximate surface area is 206 Å². The average Bonchev–Trinajstić information content (AvgIpc) is 2.79. The number of rotatable bonds is 12. The number of aliphatic imine (C=N–C) groups is 1. The number of benzene rings is 2. The third kappa shape index (κ3) is 8.23. The van der Waals surface area contributed by atoms with Crippen molar-refractivity contribution in [1.29, 1.82) is 0 Å². The molecule has 0 fully saturated rings. The summed E-state index contributed by atoms with van der Waals surface area (Å²) in [5.74, 6) is -2.73. The lowest BCUT2D eigenvalue weighted by atomic mass is 10.1. The van der Waals surface area contributed by atoms with Crippen molar-refractivity contribution in [3.63, 3.8) is 0 Å². The predicted octanol–water partition coefficient (Wildman–Crippen LogP) is 2.22. The van der Waals surface area contributed by atoms with Gasteiger partial charge in [-0.15, -0.1) is 0 Å². The van der Waals surface area contributed by atoms with E-state index in [1.807, 2.05) is 5.43 Å². The van der Waals surface area contributed by atoms with Crippen LogP contribution >= 0.6 is 0 Å². The second-order valence-electron chi connectivity index (χ2n) is 7.59. The van der Waals surface area contributed by atoms with Crippen LogP contribution in [-0.2, 0) is 32.2 Å². The minimum Gasteiger partial charge on any atom is -0.425 e. The minimum atomic E-state index is -4.83. The molecule has 36 heavy (non-hydrogen) atoms. The summed E-state index contributed by atoms with van der Waals surface area (Å²) in [5, 5.41) is 0. The summed E-state index contributed by atoms with van der Waals surface area (Å²) in [6.07, 6.45) is -4.24. The van der Waals surface area contributed by atoms with Gasteiger partial charge in [-0.05, 0) is 24.1 Å². The molecule has 5 N–H and O–H groups in total. The van der Waals surface area contributed by atoms with Crippen LogP contribution in [0.5, 0.6) is 5.75 Å². The molecule has 0 spiro atoms. The standard InChI is InChI=1S/C22H26F3N5O5S/c1-2-3-9-36(33,34)30(28-14-31)19(10-15-7-5-4-6-8-15)20(32)35-18-12-16(22(23,24)25)11-17(13-18)29-21(26)27/h4-8,11-14,19H,2-3,9-10H2,1H3,(H,28,31)(H4,26,27,29)/t19-/m0/s1. The lowest BCUT2D eigenvalue weighted by Crippen LogP contribution is -2.55. The van der Waals surface area contributed by atoms with E-state index >= 15 is 0 Å². The molecule has 10 nitrogen and oxygen atoms in total. The van der Waals surface area contributed by atoms with E-state index in [2.05, 4.69) is 4.99 Å². The predicted molar refractivity (Wildman–Crippen MR) is 126 cm³/mol.